The van der Waals surface area contributed by atoms with Crippen LogP contribution in [0.5, 0.6) is 0 Å². The van der Waals surface area contributed by atoms with Gasteiger partial charge >= 0.3 is 0 Å². The maximum Gasteiger partial charge on any atom is 0.255 e. The molecule has 3 N–H and O–H groups in total. The van der Waals surface area contributed by atoms with Crippen molar-refractivity contribution >= 4 is 22.6 Å². The summed E-state index contributed by atoms with van der Waals surface area (Å²) in [5.41, 5.74) is 0.139. The molecule has 0 aliphatic heterocycles. The Morgan fingerprint density at radius 2 is 2.06 bits per heavy atom. The normalized spacial score (nSPS) is 13.4. The number of aliphatic hydroxyl groups is 1. The van der Waals surface area contributed by atoms with E-state index in [1.165, 1.54) is 30.9 Å². The van der Waals surface area contributed by atoms with E-state index in [9.17, 15) is 14.3 Å². The predicted octanol–water partition coefficient (Wildman–Crippen LogP) is 2.74. The molecule has 32 heavy (non-hydrogen) atoms. The van der Waals surface area contributed by atoms with Crippen molar-refractivity contribution < 1.29 is 14.3 Å². The molecule has 0 radical (unpaired) electrons. The van der Waals surface area contributed by atoms with Crippen LogP contribution < -0.4 is 10.6 Å². The molecule has 0 aromatic carbocycles. The van der Waals surface area contributed by atoms with Gasteiger partial charge in [-0.2, -0.15) is 15.0 Å². The minimum atomic E-state index is -1.62. The van der Waals surface area contributed by atoms with Crippen LogP contribution in [0.15, 0.2) is 30.7 Å². The second kappa shape index (κ2) is 9.28. The summed E-state index contributed by atoms with van der Waals surface area (Å²) in [4.78, 5) is 21.4. The van der Waals surface area contributed by atoms with Crippen LogP contribution in [0.3, 0.4) is 0 Å². The molecular formula is C22H26FN7O2. The predicted molar refractivity (Wildman–Crippen MR) is 118 cm³/mol. The molecule has 0 aliphatic rings. The van der Waals surface area contributed by atoms with Gasteiger partial charge in [-0.1, -0.05) is 6.92 Å². The van der Waals surface area contributed by atoms with E-state index < -0.39 is 17.7 Å². The summed E-state index contributed by atoms with van der Waals surface area (Å²) < 4.78 is 15.6. The first kappa shape index (κ1) is 23.1. The highest BCUT2D eigenvalue weighted by atomic mass is 19.1. The Hall–Kier alpha value is -3.58. The Morgan fingerprint density at radius 3 is 2.72 bits per heavy atom. The summed E-state index contributed by atoms with van der Waals surface area (Å²) in [6, 6.07) is 5.46. The van der Waals surface area contributed by atoms with Gasteiger partial charge in [-0.05, 0) is 33.3 Å². The van der Waals surface area contributed by atoms with E-state index in [-0.39, 0.29) is 18.2 Å². The summed E-state index contributed by atoms with van der Waals surface area (Å²) in [6.07, 6.45) is 3.63. The molecule has 0 aliphatic carbocycles. The molecule has 3 aromatic heterocycles. The molecule has 2 unspecified atom stereocenters. The summed E-state index contributed by atoms with van der Waals surface area (Å²) >= 11 is 0. The Morgan fingerprint density at radius 1 is 1.31 bits per heavy atom. The van der Waals surface area contributed by atoms with Gasteiger partial charge < -0.3 is 15.7 Å². The zero-order chi connectivity index (χ0) is 23.5. The first-order valence-corrected chi connectivity index (χ1v) is 10.3. The van der Waals surface area contributed by atoms with Crippen LogP contribution >= 0.6 is 0 Å². The van der Waals surface area contributed by atoms with Crippen molar-refractivity contribution in [2.75, 3.05) is 11.9 Å². The Kier molecular flexibility index (Phi) is 6.69. The molecule has 168 valence electrons. The molecule has 3 rings (SSSR count). The van der Waals surface area contributed by atoms with Crippen molar-refractivity contribution in [3.8, 4) is 11.9 Å². The van der Waals surface area contributed by atoms with Gasteiger partial charge in [-0.3, -0.25) is 4.79 Å². The number of amides is 1. The number of rotatable bonds is 8. The van der Waals surface area contributed by atoms with Gasteiger partial charge in [0.05, 0.1) is 35.2 Å². The number of hydrogen-bond acceptors (Lipinski definition) is 7. The number of halogens is 1. The first-order valence-electron chi connectivity index (χ1n) is 10.3. The number of nitrogens with zero attached hydrogens (tertiary/aromatic N) is 5. The Bertz CT molecular complexity index is 1160. The van der Waals surface area contributed by atoms with Gasteiger partial charge in [0.2, 0.25) is 0 Å². The average molecular weight is 439 g/mol. The van der Waals surface area contributed by atoms with Gasteiger partial charge in [-0.15, -0.1) is 0 Å². The fraction of sp³-hybridized carbons (Fsp3) is 0.409. The lowest BCUT2D eigenvalue weighted by Gasteiger charge is -2.23. The lowest BCUT2D eigenvalue weighted by molar-refractivity contribution is -0.00177. The van der Waals surface area contributed by atoms with E-state index in [4.69, 9.17) is 5.26 Å². The molecule has 1 amide bonds. The second-order valence-corrected chi connectivity index (χ2v) is 8.18. The molecule has 0 saturated carbocycles. The topological polar surface area (TPSA) is 129 Å². The quantitative estimate of drug-likeness (QED) is 0.492. The maximum atomic E-state index is 14.1. The molecule has 0 saturated heterocycles. The molecule has 2 atom stereocenters. The lowest BCUT2D eigenvalue weighted by Crippen LogP contribution is -2.42. The van der Waals surface area contributed by atoms with Crippen molar-refractivity contribution in [3.05, 3.63) is 41.9 Å². The smallest absolute Gasteiger partial charge is 0.255 e. The van der Waals surface area contributed by atoms with Crippen LogP contribution in [0.1, 0.15) is 50.0 Å². The molecule has 0 fully saturated rings. The van der Waals surface area contributed by atoms with E-state index in [1.54, 1.807) is 18.3 Å². The summed E-state index contributed by atoms with van der Waals surface area (Å²) in [7, 11) is 0. The number of hydrogen-bond donors (Lipinski definition) is 3. The van der Waals surface area contributed by atoms with Crippen LogP contribution in [0.2, 0.25) is 0 Å². The number of fused-ring (bicyclic) bond motifs is 1. The van der Waals surface area contributed by atoms with Gasteiger partial charge in [0, 0.05) is 29.9 Å². The van der Waals surface area contributed by atoms with Gasteiger partial charge in [0.25, 0.3) is 5.91 Å². The highest BCUT2D eigenvalue weighted by molar-refractivity contribution is 5.99. The third-order valence-electron chi connectivity index (χ3n) is 5.11. The number of nitrogens with one attached hydrogen (secondary N) is 2. The monoisotopic (exact) mass is 439 g/mol. The van der Waals surface area contributed by atoms with Gasteiger partial charge in [0.1, 0.15) is 12.2 Å². The summed E-state index contributed by atoms with van der Waals surface area (Å²) in [5, 5.41) is 29.6. The fourth-order valence-electron chi connectivity index (χ4n) is 2.91. The SMILES string of the molecule is CCC(C)Nc1cc(-n2ncc3cc(C#N)cnc32)ncc1C(=O)NCC(F)C(C)(C)O. The third kappa shape index (κ3) is 5.00. The number of carbonyl (C=O) groups is 1. The standard InChI is InChI=1S/C22H26FN7O2/c1-5-13(2)29-17-7-19(30-20-15(10-28-30)6-14(8-24)9-26-20)25-11-16(17)21(31)27-12-18(23)22(3,4)32/h6-7,9-11,13,18,32H,5,12H2,1-4H3,(H,25,29)(H,27,31). The second-order valence-electron chi connectivity index (χ2n) is 8.18. The van der Waals surface area contributed by atoms with E-state index in [0.717, 1.165) is 6.42 Å². The minimum Gasteiger partial charge on any atom is -0.387 e. The van der Waals surface area contributed by atoms with Crippen molar-refractivity contribution in [2.45, 2.75) is 51.9 Å². The van der Waals surface area contributed by atoms with Gasteiger partial charge in [-0.25, -0.2) is 14.4 Å². The van der Waals surface area contributed by atoms with Crippen LogP contribution in [0, 0.1) is 11.3 Å². The molecule has 9 nitrogen and oxygen atoms in total. The van der Waals surface area contributed by atoms with Crippen LogP contribution in [-0.2, 0) is 0 Å². The third-order valence-corrected chi connectivity index (χ3v) is 5.11. The lowest BCUT2D eigenvalue weighted by atomic mass is 10.0. The minimum absolute atomic E-state index is 0.0628. The van der Waals surface area contributed by atoms with E-state index in [2.05, 4.69) is 25.7 Å². The number of nitriles is 1. The zero-order valence-electron chi connectivity index (χ0n) is 18.4. The maximum absolute atomic E-state index is 14.1. The molecule has 10 heteroatoms. The number of aromatic nitrogens is 4. The van der Waals surface area contributed by atoms with Crippen molar-refractivity contribution in [3.63, 3.8) is 0 Å². The average Bonchev–Trinajstić information content (AvgIpc) is 3.19. The van der Waals surface area contributed by atoms with E-state index >= 15 is 0 Å². The highest BCUT2D eigenvalue weighted by Crippen LogP contribution is 2.23. The van der Waals surface area contributed by atoms with E-state index in [0.29, 0.717) is 28.1 Å². The fourth-order valence-corrected chi connectivity index (χ4v) is 2.91. The van der Waals surface area contributed by atoms with Gasteiger partial charge in [0.15, 0.2) is 11.5 Å². The summed E-state index contributed by atoms with van der Waals surface area (Å²) in [5.74, 6) is -0.0803. The molecule has 0 bridgehead atoms. The first-order chi connectivity index (χ1) is 15.1. The molecule has 3 heterocycles. The van der Waals surface area contributed by atoms with Crippen molar-refractivity contribution in [1.82, 2.24) is 25.1 Å². The van der Waals surface area contributed by atoms with Crippen molar-refractivity contribution in [2.24, 2.45) is 0 Å². The van der Waals surface area contributed by atoms with Crippen LogP contribution in [0.25, 0.3) is 16.9 Å². The number of pyridine rings is 2. The number of carbonyl (C=O) groups excluding carboxylic acids is 1. The highest BCUT2D eigenvalue weighted by Gasteiger charge is 2.27. The molecule has 0 spiro atoms. The molecule has 3 aromatic rings. The number of alkyl halides is 1. The van der Waals surface area contributed by atoms with Crippen LogP contribution in [0.4, 0.5) is 10.1 Å². The largest absolute Gasteiger partial charge is 0.387 e. The Labute approximate surface area is 185 Å². The van der Waals surface area contributed by atoms with E-state index in [1.807, 2.05) is 19.9 Å². The summed E-state index contributed by atoms with van der Waals surface area (Å²) in [6.45, 7) is 6.34. The number of anilines is 1. The van der Waals surface area contributed by atoms with Crippen molar-refractivity contribution in [1.29, 1.82) is 5.26 Å². The van der Waals surface area contributed by atoms with Crippen LogP contribution in [-0.4, -0.2) is 55.1 Å². The zero-order valence-corrected chi connectivity index (χ0v) is 18.4. The Balaban J connectivity index is 1.95. The molecular weight excluding hydrogens is 413 g/mol.